The van der Waals surface area contributed by atoms with E-state index in [9.17, 15) is 40.7 Å². The van der Waals surface area contributed by atoms with Crippen LogP contribution in [0, 0.1) is 5.41 Å². The van der Waals surface area contributed by atoms with Crippen molar-refractivity contribution in [1.82, 2.24) is 19.6 Å². The molecule has 3 saturated heterocycles. The molecule has 2 aromatic carbocycles. The van der Waals surface area contributed by atoms with Crippen molar-refractivity contribution in [2.75, 3.05) is 51.1 Å². The van der Waals surface area contributed by atoms with Gasteiger partial charge in [-0.1, -0.05) is 32.0 Å². The summed E-state index contributed by atoms with van der Waals surface area (Å²) >= 11 is 0. The first-order chi connectivity index (χ1) is 25.0. The first-order valence-corrected chi connectivity index (χ1v) is 18.4. The highest BCUT2D eigenvalue weighted by atomic mass is 19.4. The number of hydrogen-bond donors (Lipinski definition) is 1. The Kier molecular flexibility index (Phi) is 11.2. The topological polar surface area (TPSA) is 85.4 Å². The number of para-hydroxylation sites is 1. The molecule has 0 spiro atoms. The number of carbonyl (C=O) groups is 3. The molecule has 4 aliphatic rings. The molecule has 6 rings (SSSR count). The molecular formula is C38H47F6N5O4. The van der Waals surface area contributed by atoms with Gasteiger partial charge in [0.1, 0.15) is 0 Å². The summed E-state index contributed by atoms with van der Waals surface area (Å²) in [6.07, 6.45) is -8.45. The molecule has 1 N–H and O–H groups in total. The van der Waals surface area contributed by atoms with Gasteiger partial charge in [0.05, 0.1) is 11.1 Å². The SMILES string of the molecule is CC1(C)CCN(C2CCN(C(=O)[C@@H](Cc3cc(C(F)(F)F)cc(C(F)(F)F)c3)OC(=O)N3CCC(N4CCc5ccccc5NC4=O)CC3)CC2)CC1. The van der Waals surface area contributed by atoms with Crippen LogP contribution in [0.5, 0.6) is 0 Å². The lowest BCUT2D eigenvalue weighted by Gasteiger charge is -2.44. The number of hydrogen-bond acceptors (Lipinski definition) is 5. The fourth-order valence-corrected chi connectivity index (χ4v) is 7.97. The Hall–Kier alpha value is -4.01. The van der Waals surface area contributed by atoms with Crippen molar-refractivity contribution >= 4 is 23.7 Å². The average Bonchev–Trinajstić information content (AvgIpc) is 3.28. The summed E-state index contributed by atoms with van der Waals surface area (Å²) in [6, 6.07) is 8.55. The van der Waals surface area contributed by atoms with Crippen LogP contribution >= 0.6 is 0 Å². The van der Waals surface area contributed by atoms with E-state index in [2.05, 4.69) is 24.1 Å². The molecule has 4 aliphatic heterocycles. The van der Waals surface area contributed by atoms with Crippen molar-refractivity contribution in [3.05, 3.63) is 64.7 Å². The van der Waals surface area contributed by atoms with Crippen LogP contribution in [0.15, 0.2) is 42.5 Å². The quantitative estimate of drug-likeness (QED) is 0.311. The fraction of sp³-hybridized carbons (Fsp3) is 0.605. The van der Waals surface area contributed by atoms with Crippen molar-refractivity contribution < 1.29 is 45.5 Å². The number of likely N-dealkylation sites (tertiary alicyclic amines) is 3. The van der Waals surface area contributed by atoms with Gasteiger partial charge < -0.3 is 29.7 Å². The highest BCUT2D eigenvalue weighted by molar-refractivity contribution is 5.91. The van der Waals surface area contributed by atoms with Gasteiger partial charge in [-0.2, -0.15) is 26.3 Å². The summed E-state index contributed by atoms with van der Waals surface area (Å²) in [6.45, 7) is 7.85. The molecule has 2 aromatic rings. The van der Waals surface area contributed by atoms with Crippen LogP contribution in [0.3, 0.4) is 0 Å². The Morgan fingerprint density at radius 2 is 1.38 bits per heavy atom. The van der Waals surface area contributed by atoms with E-state index >= 15 is 0 Å². The van der Waals surface area contributed by atoms with Crippen molar-refractivity contribution in [2.24, 2.45) is 5.41 Å². The molecule has 4 heterocycles. The van der Waals surface area contributed by atoms with E-state index in [4.69, 9.17) is 4.74 Å². The lowest BCUT2D eigenvalue weighted by atomic mass is 9.82. The maximum atomic E-state index is 14.0. The number of urea groups is 1. The molecule has 15 heteroatoms. The van der Waals surface area contributed by atoms with E-state index in [1.165, 1.54) is 9.80 Å². The predicted octanol–water partition coefficient (Wildman–Crippen LogP) is 7.44. The Labute approximate surface area is 305 Å². The second-order valence-corrected chi connectivity index (χ2v) is 15.5. The Balaban J connectivity index is 1.14. The monoisotopic (exact) mass is 751 g/mol. The summed E-state index contributed by atoms with van der Waals surface area (Å²) in [7, 11) is 0. The van der Waals surface area contributed by atoms with Gasteiger partial charge in [0.15, 0.2) is 6.10 Å². The number of alkyl halides is 6. The highest BCUT2D eigenvalue weighted by Crippen LogP contribution is 2.37. The summed E-state index contributed by atoms with van der Waals surface area (Å²) in [5.74, 6) is -0.654. The van der Waals surface area contributed by atoms with E-state index in [1.807, 2.05) is 24.3 Å². The van der Waals surface area contributed by atoms with Crippen molar-refractivity contribution in [1.29, 1.82) is 0 Å². The van der Waals surface area contributed by atoms with Crippen LogP contribution in [-0.4, -0.2) is 102 Å². The van der Waals surface area contributed by atoms with Gasteiger partial charge in [-0.15, -0.1) is 0 Å². The number of piperidine rings is 3. The van der Waals surface area contributed by atoms with Crippen LogP contribution in [0.2, 0.25) is 0 Å². The zero-order chi connectivity index (χ0) is 38.1. The number of ether oxygens (including phenoxy) is 1. The van der Waals surface area contributed by atoms with E-state index in [-0.39, 0.29) is 42.7 Å². The van der Waals surface area contributed by atoms with E-state index in [0.717, 1.165) is 37.2 Å². The zero-order valence-corrected chi connectivity index (χ0v) is 30.1. The summed E-state index contributed by atoms with van der Waals surface area (Å²) < 4.78 is 88.1. The summed E-state index contributed by atoms with van der Waals surface area (Å²) in [5.41, 5.74) is -1.40. The van der Waals surface area contributed by atoms with Crippen molar-refractivity contribution in [3.8, 4) is 0 Å². The Morgan fingerprint density at radius 1 is 0.811 bits per heavy atom. The number of nitrogens with zero attached hydrogens (tertiary/aromatic N) is 4. The number of benzene rings is 2. The number of nitrogens with one attached hydrogen (secondary N) is 1. The largest absolute Gasteiger partial charge is 0.436 e. The van der Waals surface area contributed by atoms with Crippen molar-refractivity contribution in [3.63, 3.8) is 0 Å². The second kappa shape index (κ2) is 15.4. The maximum absolute atomic E-state index is 14.0. The molecule has 4 amide bonds. The minimum Gasteiger partial charge on any atom is -0.436 e. The summed E-state index contributed by atoms with van der Waals surface area (Å²) in [5, 5.41) is 2.94. The smallest absolute Gasteiger partial charge is 0.416 e. The van der Waals surface area contributed by atoms with Crippen LogP contribution in [-0.2, 0) is 34.7 Å². The van der Waals surface area contributed by atoms with E-state index < -0.39 is 53.6 Å². The van der Waals surface area contributed by atoms with E-state index in [1.54, 1.807) is 4.90 Å². The number of carbonyl (C=O) groups excluding carboxylic acids is 3. The Morgan fingerprint density at radius 3 is 1.98 bits per heavy atom. The maximum Gasteiger partial charge on any atom is 0.416 e. The van der Waals surface area contributed by atoms with Gasteiger partial charge in [0, 0.05) is 56.9 Å². The first-order valence-electron chi connectivity index (χ1n) is 18.4. The lowest BCUT2D eigenvalue weighted by Crippen LogP contribution is -2.53. The third-order valence-electron chi connectivity index (χ3n) is 11.3. The molecule has 0 bridgehead atoms. The van der Waals surface area contributed by atoms with E-state index in [0.29, 0.717) is 63.9 Å². The number of halogens is 6. The number of rotatable bonds is 6. The third-order valence-corrected chi connectivity index (χ3v) is 11.3. The Bertz CT molecular complexity index is 1610. The predicted molar refractivity (Wildman–Crippen MR) is 185 cm³/mol. The van der Waals surface area contributed by atoms with Gasteiger partial charge >= 0.3 is 24.5 Å². The van der Waals surface area contributed by atoms with Gasteiger partial charge in [0.2, 0.25) is 0 Å². The fourth-order valence-electron chi connectivity index (χ4n) is 7.97. The molecule has 0 unspecified atom stereocenters. The minimum absolute atomic E-state index is 0.0340. The van der Waals surface area contributed by atoms with Crippen LogP contribution in [0.4, 0.5) is 41.6 Å². The van der Waals surface area contributed by atoms with Crippen LogP contribution in [0.1, 0.15) is 74.6 Å². The zero-order valence-electron chi connectivity index (χ0n) is 30.1. The normalized spacial score (nSPS) is 21.4. The molecule has 3 fully saturated rings. The molecule has 0 saturated carbocycles. The number of fused-ring (bicyclic) bond motifs is 1. The molecule has 0 aliphatic carbocycles. The second-order valence-electron chi connectivity index (χ2n) is 15.5. The summed E-state index contributed by atoms with van der Waals surface area (Å²) in [4.78, 5) is 47.7. The van der Waals surface area contributed by atoms with Gasteiger partial charge in [-0.05, 0) is 98.8 Å². The molecule has 1 atom stereocenters. The minimum atomic E-state index is -5.07. The van der Waals surface area contributed by atoms with Crippen molar-refractivity contribution in [2.45, 2.75) is 95.8 Å². The van der Waals surface area contributed by atoms with Crippen LogP contribution in [0.25, 0.3) is 0 Å². The molecule has 9 nitrogen and oxygen atoms in total. The average molecular weight is 752 g/mol. The number of amides is 4. The highest BCUT2D eigenvalue weighted by Gasteiger charge is 2.40. The lowest BCUT2D eigenvalue weighted by molar-refractivity contribution is -0.143. The molecular weight excluding hydrogens is 704 g/mol. The molecule has 0 aromatic heterocycles. The standard InChI is InChI=1S/C38H47F6N5O4/c1-36(2)12-19-46(20-13-36)29-8-14-47(15-9-29)33(50)32(23-25-21-27(37(39,40)41)24-28(22-25)38(42,43)44)53-35(52)48-16-10-30(11-17-48)49-18-7-26-5-3-4-6-31(26)45-34(49)51/h3-6,21-22,24,29-30,32H,7-20,23H2,1-2H3,(H,45,51)/t32-/m1/s1. The molecule has 290 valence electrons. The molecule has 0 radical (unpaired) electrons. The first kappa shape index (κ1) is 38.7. The van der Waals surface area contributed by atoms with Crippen LogP contribution < -0.4 is 5.32 Å². The van der Waals surface area contributed by atoms with Gasteiger partial charge in [0.25, 0.3) is 5.91 Å². The molecule has 53 heavy (non-hydrogen) atoms. The van der Waals surface area contributed by atoms with Gasteiger partial charge in [-0.3, -0.25) is 4.79 Å². The number of anilines is 1. The van der Waals surface area contributed by atoms with Gasteiger partial charge in [-0.25, -0.2) is 9.59 Å². The third kappa shape index (κ3) is 9.39.